The van der Waals surface area contributed by atoms with Gasteiger partial charge in [-0.2, -0.15) is 0 Å². The molecular formula is C20H16Cl2O3. The van der Waals surface area contributed by atoms with Crippen molar-refractivity contribution in [3.05, 3.63) is 64.5 Å². The number of ether oxygens (including phenoxy) is 1. The fourth-order valence-corrected chi connectivity index (χ4v) is 3.46. The van der Waals surface area contributed by atoms with Crippen LogP contribution in [-0.4, -0.2) is 10.9 Å². The fourth-order valence-electron chi connectivity index (χ4n) is 2.96. The molecule has 5 heteroatoms. The average molecular weight is 375 g/mol. The molecule has 1 heterocycles. The predicted molar refractivity (Wildman–Crippen MR) is 101 cm³/mol. The molecule has 1 saturated carbocycles. The lowest BCUT2D eigenvalue weighted by Gasteiger charge is -2.09. The van der Waals surface area contributed by atoms with E-state index >= 15 is 0 Å². The smallest absolute Gasteiger partial charge is 0.200 e. The van der Waals surface area contributed by atoms with E-state index in [2.05, 4.69) is 0 Å². The van der Waals surface area contributed by atoms with Crippen LogP contribution in [0.1, 0.15) is 12.2 Å². The minimum absolute atomic E-state index is 0.0424. The number of fused-ring (bicyclic) bond motifs is 1. The maximum atomic E-state index is 12.9. The van der Waals surface area contributed by atoms with E-state index in [0.29, 0.717) is 34.6 Å². The van der Waals surface area contributed by atoms with Gasteiger partial charge in [-0.1, -0.05) is 30.3 Å². The molecule has 0 unspecified atom stereocenters. The van der Waals surface area contributed by atoms with Gasteiger partial charge in [-0.15, -0.1) is 23.2 Å². The van der Waals surface area contributed by atoms with Crippen molar-refractivity contribution >= 4 is 34.2 Å². The van der Waals surface area contributed by atoms with Crippen LogP contribution in [0.15, 0.2) is 57.7 Å². The molecule has 0 bridgehead atoms. The predicted octanol–water partition coefficient (Wildman–Crippen LogP) is 5.34. The Kier molecular flexibility index (Phi) is 4.01. The standard InChI is InChI=1S/C20H16Cl2O3/c1-12-18(13-5-3-2-4-6-13)19(23)16-8-7-15(9-17(16)25-12)24-11-14-10-20(14,21)22/h2-9,14H,10-11H2,1H3/t14-/m1/s1. The minimum Gasteiger partial charge on any atom is -0.493 e. The van der Waals surface area contributed by atoms with Crippen molar-refractivity contribution in [1.29, 1.82) is 0 Å². The summed E-state index contributed by atoms with van der Waals surface area (Å²) >= 11 is 12.0. The zero-order chi connectivity index (χ0) is 17.6. The molecule has 25 heavy (non-hydrogen) atoms. The number of aryl methyl sites for hydroxylation is 1. The molecule has 0 spiro atoms. The maximum absolute atomic E-state index is 12.9. The van der Waals surface area contributed by atoms with E-state index in [9.17, 15) is 4.79 Å². The highest BCUT2D eigenvalue weighted by Gasteiger charge is 2.52. The molecule has 1 aromatic heterocycles. The van der Waals surface area contributed by atoms with Gasteiger partial charge in [-0.05, 0) is 31.0 Å². The van der Waals surface area contributed by atoms with Gasteiger partial charge in [0.05, 0.1) is 17.6 Å². The molecule has 1 aliphatic rings. The first-order valence-electron chi connectivity index (χ1n) is 8.09. The molecule has 3 nitrogen and oxygen atoms in total. The molecule has 1 atom stereocenters. The summed E-state index contributed by atoms with van der Waals surface area (Å²) in [6.45, 7) is 2.25. The third kappa shape index (κ3) is 3.14. The average Bonchev–Trinajstić information content (AvgIpc) is 3.20. The van der Waals surface area contributed by atoms with E-state index in [4.69, 9.17) is 32.4 Å². The molecule has 0 N–H and O–H groups in total. The summed E-state index contributed by atoms with van der Waals surface area (Å²) in [7, 11) is 0. The number of hydrogen-bond donors (Lipinski definition) is 0. The van der Waals surface area contributed by atoms with E-state index in [-0.39, 0.29) is 11.3 Å². The molecule has 128 valence electrons. The second kappa shape index (κ2) is 6.08. The van der Waals surface area contributed by atoms with Crippen LogP contribution < -0.4 is 10.2 Å². The molecule has 2 aromatic carbocycles. The maximum Gasteiger partial charge on any atom is 0.200 e. The first-order chi connectivity index (χ1) is 12.0. The molecule has 1 aliphatic carbocycles. The highest BCUT2D eigenvalue weighted by Crippen LogP contribution is 2.53. The Bertz CT molecular complexity index is 993. The molecule has 0 saturated heterocycles. The summed E-state index contributed by atoms with van der Waals surface area (Å²) in [5.41, 5.74) is 1.91. The van der Waals surface area contributed by atoms with E-state index in [1.807, 2.05) is 30.3 Å². The molecule has 1 fully saturated rings. The third-order valence-corrected chi connectivity index (χ3v) is 5.44. The number of alkyl halides is 2. The van der Waals surface area contributed by atoms with Crippen molar-refractivity contribution in [2.24, 2.45) is 5.92 Å². The third-order valence-electron chi connectivity index (χ3n) is 4.51. The van der Waals surface area contributed by atoms with Gasteiger partial charge in [0.2, 0.25) is 5.43 Å². The molecule has 0 aliphatic heterocycles. The second-order valence-corrected chi connectivity index (χ2v) is 7.90. The van der Waals surface area contributed by atoms with E-state index in [0.717, 1.165) is 12.0 Å². The van der Waals surface area contributed by atoms with Gasteiger partial charge in [-0.3, -0.25) is 4.79 Å². The van der Waals surface area contributed by atoms with E-state index in [1.165, 1.54) is 0 Å². The lowest BCUT2D eigenvalue weighted by molar-refractivity contribution is 0.298. The van der Waals surface area contributed by atoms with Crippen LogP contribution in [0.4, 0.5) is 0 Å². The fraction of sp³-hybridized carbons (Fsp3) is 0.250. The van der Waals surface area contributed by atoms with Crippen molar-refractivity contribution in [2.45, 2.75) is 17.7 Å². The zero-order valence-corrected chi connectivity index (χ0v) is 15.1. The minimum atomic E-state index is -0.662. The van der Waals surface area contributed by atoms with E-state index < -0.39 is 4.33 Å². The SMILES string of the molecule is Cc1oc2cc(OC[C@H]3CC3(Cl)Cl)ccc2c(=O)c1-c1ccccc1. The van der Waals surface area contributed by atoms with Crippen molar-refractivity contribution in [3.8, 4) is 16.9 Å². The monoisotopic (exact) mass is 374 g/mol. The molecule has 3 aromatic rings. The van der Waals surface area contributed by atoms with Gasteiger partial charge in [-0.25, -0.2) is 0 Å². The number of benzene rings is 2. The Hall–Kier alpha value is -1.97. The summed E-state index contributed by atoms with van der Waals surface area (Å²) in [5, 5.41) is 0.534. The van der Waals surface area contributed by atoms with Gasteiger partial charge in [0.1, 0.15) is 21.4 Å². The summed E-state index contributed by atoms with van der Waals surface area (Å²) in [6, 6.07) is 14.8. The lowest BCUT2D eigenvalue weighted by Crippen LogP contribution is -2.08. The largest absolute Gasteiger partial charge is 0.493 e. The number of rotatable bonds is 4. The first kappa shape index (κ1) is 16.5. The molecule has 0 amide bonds. The number of halogens is 2. The number of hydrogen-bond acceptors (Lipinski definition) is 3. The van der Waals surface area contributed by atoms with Gasteiger partial charge >= 0.3 is 0 Å². The van der Waals surface area contributed by atoms with Crippen LogP contribution in [0.5, 0.6) is 5.75 Å². The Balaban J connectivity index is 1.69. The lowest BCUT2D eigenvalue weighted by atomic mass is 10.0. The topological polar surface area (TPSA) is 39.4 Å². The Morgan fingerprint density at radius 1 is 1.20 bits per heavy atom. The van der Waals surface area contributed by atoms with Gasteiger partial charge in [0.15, 0.2) is 0 Å². The highest BCUT2D eigenvalue weighted by molar-refractivity contribution is 6.50. The van der Waals surface area contributed by atoms with Crippen LogP contribution in [0.3, 0.4) is 0 Å². The van der Waals surface area contributed by atoms with E-state index in [1.54, 1.807) is 25.1 Å². The Labute approximate surface area is 155 Å². The van der Waals surface area contributed by atoms with Gasteiger partial charge < -0.3 is 9.15 Å². The van der Waals surface area contributed by atoms with Crippen LogP contribution in [0.25, 0.3) is 22.1 Å². The highest BCUT2D eigenvalue weighted by atomic mass is 35.5. The zero-order valence-electron chi connectivity index (χ0n) is 13.6. The van der Waals surface area contributed by atoms with Crippen molar-refractivity contribution in [3.63, 3.8) is 0 Å². The summed E-state index contributed by atoms with van der Waals surface area (Å²) in [6.07, 6.45) is 0.734. The summed E-state index contributed by atoms with van der Waals surface area (Å²) in [5.74, 6) is 1.36. The Morgan fingerprint density at radius 3 is 2.60 bits per heavy atom. The Morgan fingerprint density at radius 2 is 1.92 bits per heavy atom. The quantitative estimate of drug-likeness (QED) is 0.578. The normalized spacial score (nSPS) is 18.3. The van der Waals surface area contributed by atoms with Crippen molar-refractivity contribution < 1.29 is 9.15 Å². The molecule has 0 radical (unpaired) electrons. The summed E-state index contributed by atoms with van der Waals surface area (Å²) < 4.78 is 11.0. The second-order valence-electron chi connectivity index (χ2n) is 6.36. The molecular weight excluding hydrogens is 359 g/mol. The summed E-state index contributed by atoms with van der Waals surface area (Å²) in [4.78, 5) is 12.9. The van der Waals surface area contributed by atoms with Gasteiger partial charge in [0.25, 0.3) is 0 Å². The van der Waals surface area contributed by atoms with Gasteiger partial charge in [0, 0.05) is 12.0 Å². The van der Waals surface area contributed by atoms with Crippen LogP contribution in [-0.2, 0) is 0 Å². The van der Waals surface area contributed by atoms with Crippen molar-refractivity contribution in [1.82, 2.24) is 0 Å². The van der Waals surface area contributed by atoms with Crippen LogP contribution in [0, 0.1) is 12.8 Å². The van der Waals surface area contributed by atoms with Crippen LogP contribution in [0.2, 0.25) is 0 Å². The molecule has 4 rings (SSSR count). The van der Waals surface area contributed by atoms with Crippen molar-refractivity contribution in [2.75, 3.05) is 6.61 Å². The first-order valence-corrected chi connectivity index (χ1v) is 8.85. The van der Waals surface area contributed by atoms with Crippen LogP contribution >= 0.6 is 23.2 Å².